The fraction of sp³-hybridized carbons (Fsp3) is 0.120. The molecule has 8 heteroatoms. The molecule has 0 bridgehead atoms. The van der Waals surface area contributed by atoms with Crippen LogP contribution in [0, 0.1) is 18.6 Å². The zero-order valence-corrected chi connectivity index (χ0v) is 17.9. The Morgan fingerprint density at radius 1 is 1.09 bits per heavy atom. The summed E-state index contributed by atoms with van der Waals surface area (Å²) in [5, 5.41) is 2.69. The van der Waals surface area contributed by atoms with Gasteiger partial charge in [-0.05, 0) is 48.9 Å². The van der Waals surface area contributed by atoms with Crippen LogP contribution in [-0.4, -0.2) is 29.0 Å². The highest BCUT2D eigenvalue weighted by molar-refractivity contribution is 5.95. The first-order valence-corrected chi connectivity index (χ1v) is 10.3. The van der Waals surface area contributed by atoms with Gasteiger partial charge >= 0.3 is 0 Å². The number of hydrogen-bond donors (Lipinski definition) is 3. The largest absolute Gasteiger partial charge is 0.454 e. The maximum atomic E-state index is 14.5. The van der Waals surface area contributed by atoms with Crippen LogP contribution in [-0.2, 0) is 0 Å². The summed E-state index contributed by atoms with van der Waals surface area (Å²) in [6.07, 6.45) is 3.08. The van der Waals surface area contributed by atoms with E-state index in [1.165, 1.54) is 30.5 Å². The SMILES string of the molecule is Cc1ccc(F)c(-c2ccc(F)c(Oc3ccnc(-c4cc(C(=O)NCCN)c[nH]4)c3)c2)c1. The molecule has 0 saturated heterocycles. The Labute approximate surface area is 189 Å². The van der Waals surface area contributed by atoms with Gasteiger partial charge in [-0.1, -0.05) is 17.7 Å². The van der Waals surface area contributed by atoms with Crippen LogP contribution < -0.4 is 15.8 Å². The summed E-state index contributed by atoms with van der Waals surface area (Å²) in [4.78, 5) is 19.4. The van der Waals surface area contributed by atoms with E-state index in [0.29, 0.717) is 46.9 Å². The predicted molar refractivity (Wildman–Crippen MR) is 122 cm³/mol. The number of nitrogens with one attached hydrogen (secondary N) is 2. The van der Waals surface area contributed by atoms with Gasteiger partial charge in [0.15, 0.2) is 11.6 Å². The first-order chi connectivity index (χ1) is 15.9. The van der Waals surface area contributed by atoms with Crippen molar-refractivity contribution in [2.45, 2.75) is 6.92 Å². The molecule has 0 fully saturated rings. The predicted octanol–water partition coefficient (Wildman–Crippen LogP) is 4.81. The monoisotopic (exact) mass is 448 g/mol. The molecule has 168 valence electrons. The van der Waals surface area contributed by atoms with Crippen molar-refractivity contribution in [2.75, 3.05) is 13.1 Å². The van der Waals surface area contributed by atoms with Crippen LogP contribution in [0.3, 0.4) is 0 Å². The van der Waals surface area contributed by atoms with Crippen LogP contribution in [0.25, 0.3) is 22.5 Å². The number of aromatic amines is 1. The smallest absolute Gasteiger partial charge is 0.252 e. The van der Waals surface area contributed by atoms with Crippen LogP contribution >= 0.6 is 0 Å². The molecule has 1 amide bonds. The second kappa shape index (κ2) is 9.62. The number of carbonyl (C=O) groups excluding carboxylic acids is 1. The number of benzene rings is 2. The van der Waals surface area contributed by atoms with Gasteiger partial charge < -0.3 is 20.8 Å². The molecule has 0 aliphatic carbocycles. The number of halogens is 2. The van der Waals surface area contributed by atoms with Crippen molar-refractivity contribution < 1.29 is 18.3 Å². The van der Waals surface area contributed by atoms with E-state index >= 15 is 0 Å². The number of aryl methyl sites for hydroxylation is 1. The van der Waals surface area contributed by atoms with Crippen LogP contribution in [0.5, 0.6) is 11.5 Å². The second-order valence-electron chi connectivity index (χ2n) is 7.45. The van der Waals surface area contributed by atoms with Crippen LogP contribution in [0.2, 0.25) is 0 Å². The van der Waals surface area contributed by atoms with Crippen molar-refractivity contribution in [1.82, 2.24) is 15.3 Å². The van der Waals surface area contributed by atoms with Gasteiger partial charge in [-0.3, -0.25) is 9.78 Å². The molecule has 0 saturated carbocycles. The second-order valence-corrected chi connectivity index (χ2v) is 7.45. The van der Waals surface area contributed by atoms with E-state index in [2.05, 4.69) is 15.3 Å². The highest BCUT2D eigenvalue weighted by Gasteiger charge is 2.13. The minimum Gasteiger partial charge on any atom is -0.454 e. The molecular weight excluding hydrogens is 426 g/mol. The third-order valence-electron chi connectivity index (χ3n) is 4.97. The fourth-order valence-corrected chi connectivity index (χ4v) is 3.32. The molecule has 0 unspecified atom stereocenters. The number of ether oxygens (including phenoxy) is 1. The van der Waals surface area contributed by atoms with E-state index in [4.69, 9.17) is 10.5 Å². The molecule has 33 heavy (non-hydrogen) atoms. The third-order valence-corrected chi connectivity index (χ3v) is 4.97. The normalized spacial score (nSPS) is 10.8. The highest BCUT2D eigenvalue weighted by Crippen LogP contribution is 2.32. The Morgan fingerprint density at radius 3 is 2.73 bits per heavy atom. The van der Waals surface area contributed by atoms with E-state index in [1.807, 2.05) is 6.92 Å². The van der Waals surface area contributed by atoms with Crippen molar-refractivity contribution in [1.29, 1.82) is 0 Å². The Hall–Kier alpha value is -4.04. The summed E-state index contributed by atoms with van der Waals surface area (Å²) in [6.45, 7) is 2.58. The topological polar surface area (TPSA) is 93.0 Å². The van der Waals surface area contributed by atoms with Crippen molar-refractivity contribution >= 4 is 5.91 Å². The molecule has 0 aliphatic rings. The number of rotatable bonds is 7. The van der Waals surface area contributed by atoms with Crippen LogP contribution in [0.1, 0.15) is 15.9 Å². The number of carbonyl (C=O) groups is 1. The van der Waals surface area contributed by atoms with Gasteiger partial charge in [0.1, 0.15) is 11.6 Å². The van der Waals surface area contributed by atoms with Gasteiger partial charge in [0.05, 0.1) is 17.0 Å². The third kappa shape index (κ3) is 5.07. The van der Waals surface area contributed by atoms with Crippen molar-refractivity contribution in [2.24, 2.45) is 5.73 Å². The van der Waals surface area contributed by atoms with Crippen molar-refractivity contribution in [3.63, 3.8) is 0 Å². The molecule has 0 radical (unpaired) electrons. The van der Waals surface area contributed by atoms with Gasteiger partial charge in [-0.2, -0.15) is 0 Å². The fourth-order valence-electron chi connectivity index (χ4n) is 3.32. The summed E-state index contributed by atoms with van der Waals surface area (Å²) >= 11 is 0. The maximum Gasteiger partial charge on any atom is 0.252 e. The van der Waals surface area contributed by atoms with Crippen LogP contribution in [0.15, 0.2) is 67.0 Å². The first-order valence-electron chi connectivity index (χ1n) is 10.3. The molecule has 2 aromatic carbocycles. The Balaban J connectivity index is 1.59. The zero-order valence-electron chi connectivity index (χ0n) is 17.9. The first kappa shape index (κ1) is 22.2. The Kier molecular flexibility index (Phi) is 6.46. The molecule has 0 spiro atoms. The average Bonchev–Trinajstić information content (AvgIpc) is 3.31. The van der Waals surface area contributed by atoms with E-state index in [0.717, 1.165) is 5.56 Å². The van der Waals surface area contributed by atoms with E-state index in [-0.39, 0.29) is 11.7 Å². The zero-order chi connectivity index (χ0) is 23.4. The lowest BCUT2D eigenvalue weighted by atomic mass is 10.0. The summed E-state index contributed by atoms with van der Waals surface area (Å²) in [7, 11) is 0. The van der Waals surface area contributed by atoms with E-state index in [1.54, 1.807) is 36.5 Å². The molecule has 0 atom stereocenters. The molecule has 4 aromatic rings. The minimum absolute atomic E-state index is 0.0427. The summed E-state index contributed by atoms with van der Waals surface area (Å²) in [6, 6.07) is 13.8. The summed E-state index contributed by atoms with van der Waals surface area (Å²) in [5.41, 5.74) is 8.69. The number of H-pyrrole nitrogens is 1. The molecule has 0 aliphatic heterocycles. The quantitative estimate of drug-likeness (QED) is 0.378. The standard InChI is InChI=1S/C25H22F2N4O2/c1-15-2-4-20(26)19(10-15)16-3-5-21(27)24(12-16)33-18-6-8-29-23(13-18)22-11-17(14-31-22)25(32)30-9-7-28/h2-6,8,10-14,31H,7,9,28H2,1H3,(H,30,32). The van der Waals surface area contributed by atoms with Crippen molar-refractivity contribution in [3.8, 4) is 34.0 Å². The summed E-state index contributed by atoms with van der Waals surface area (Å²) < 4.78 is 34.5. The van der Waals surface area contributed by atoms with Gasteiger partial charge in [0.25, 0.3) is 5.91 Å². The lowest BCUT2D eigenvalue weighted by Crippen LogP contribution is -2.28. The van der Waals surface area contributed by atoms with Crippen LogP contribution in [0.4, 0.5) is 8.78 Å². The maximum absolute atomic E-state index is 14.5. The molecule has 2 heterocycles. The van der Waals surface area contributed by atoms with E-state index < -0.39 is 11.6 Å². The lowest BCUT2D eigenvalue weighted by molar-refractivity contribution is 0.0955. The number of amides is 1. The number of pyridine rings is 1. The number of aromatic nitrogens is 2. The highest BCUT2D eigenvalue weighted by atomic mass is 19.1. The van der Waals surface area contributed by atoms with Crippen molar-refractivity contribution in [3.05, 3.63) is 89.8 Å². The van der Waals surface area contributed by atoms with Gasteiger partial charge in [0, 0.05) is 37.1 Å². The Bertz CT molecular complexity index is 1300. The molecule has 4 rings (SSSR count). The average molecular weight is 448 g/mol. The lowest BCUT2D eigenvalue weighted by Gasteiger charge is -2.11. The van der Waals surface area contributed by atoms with E-state index in [9.17, 15) is 13.6 Å². The number of hydrogen-bond acceptors (Lipinski definition) is 4. The van der Waals surface area contributed by atoms with Gasteiger partial charge in [-0.15, -0.1) is 0 Å². The molecular formula is C25H22F2N4O2. The molecule has 6 nitrogen and oxygen atoms in total. The number of nitrogens with zero attached hydrogens (tertiary/aromatic N) is 1. The Morgan fingerprint density at radius 2 is 1.91 bits per heavy atom. The van der Waals surface area contributed by atoms with Gasteiger partial charge in [-0.25, -0.2) is 8.78 Å². The molecule has 4 N–H and O–H groups in total. The van der Waals surface area contributed by atoms with Gasteiger partial charge in [0.2, 0.25) is 0 Å². The molecule has 2 aromatic heterocycles. The minimum atomic E-state index is -0.580. The number of nitrogens with two attached hydrogens (primary N) is 1. The summed E-state index contributed by atoms with van der Waals surface area (Å²) in [5.74, 6) is -0.938.